The highest BCUT2D eigenvalue weighted by Crippen LogP contribution is 2.38. The van der Waals surface area contributed by atoms with E-state index in [1.54, 1.807) is 38.1 Å². The molecule has 26 heavy (non-hydrogen) atoms. The maximum absolute atomic E-state index is 12.3. The van der Waals surface area contributed by atoms with Crippen LogP contribution in [0.4, 0.5) is 4.79 Å². The highest BCUT2D eigenvalue weighted by atomic mass is 16.5. The third-order valence-corrected chi connectivity index (χ3v) is 4.43. The van der Waals surface area contributed by atoms with E-state index in [-0.39, 0.29) is 11.9 Å². The first-order chi connectivity index (χ1) is 12.5. The second kappa shape index (κ2) is 9.17. The van der Waals surface area contributed by atoms with Gasteiger partial charge in [-0.05, 0) is 24.1 Å². The molecule has 8 heteroatoms. The van der Waals surface area contributed by atoms with Gasteiger partial charge in [0.15, 0.2) is 11.5 Å². The first kappa shape index (κ1) is 19.7. The molecule has 8 nitrogen and oxygen atoms in total. The minimum Gasteiger partial charge on any atom is -0.493 e. The van der Waals surface area contributed by atoms with Crippen LogP contribution in [0, 0.1) is 0 Å². The Bertz CT molecular complexity index is 617. The molecule has 0 radical (unpaired) electrons. The summed E-state index contributed by atoms with van der Waals surface area (Å²) in [4.78, 5) is 27.1. The quantitative estimate of drug-likeness (QED) is 0.817. The molecule has 1 aromatic carbocycles. The molecular weight excluding hydrogens is 338 g/mol. The minimum absolute atomic E-state index is 0.0486. The molecule has 1 aliphatic rings. The number of nitrogens with one attached hydrogen (secondary N) is 1. The lowest BCUT2D eigenvalue weighted by Crippen LogP contribution is -2.52. The van der Waals surface area contributed by atoms with E-state index in [1.807, 2.05) is 12.1 Å². The number of ether oxygens (including phenoxy) is 3. The van der Waals surface area contributed by atoms with E-state index in [9.17, 15) is 9.59 Å². The number of urea groups is 1. The highest BCUT2D eigenvalue weighted by Gasteiger charge is 2.22. The van der Waals surface area contributed by atoms with Crippen molar-refractivity contribution in [3.05, 3.63) is 17.7 Å². The number of amides is 3. The van der Waals surface area contributed by atoms with Crippen LogP contribution < -0.4 is 19.5 Å². The summed E-state index contributed by atoms with van der Waals surface area (Å²) in [5.74, 6) is 1.78. The molecule has 0 aromatic heterocycles. The molecule has 1 saturated heterocycles. The fraction of sp³-hybridized carbons (Fsp3) is 0.556. The Labute approximate surface area is 154 Å². The molecule has 1 aliphatic heterocycles. The number of hydrogen-bond acceptors (Lipinski definition) is 5. The molecule has 0 bridgehead atoms. The lowest BCUT2D eigenvalue weighted by Gasteiger charge is -2.34. The van der Waals surface area contributed by atoms with Crippen molar-refractivity contribution in [1.29, 1.82) is 0 Å². The summed E-state index contributed by atoms with van der Waals surface area (Å²) in [5.41, 5.74) is 0.973. The van der Waals surface area contributed by atoms with E-state index in [2.05, 4.69) is 5.32 Å². The predicted octanol–water partition coefficient (Wildman–Crippen LogP) is 1.13. The average Bonchev–Trinajstić information content (AvgIpc) is 2.66. The van der Waals surface area contributed by atoms with Crippen LogP contribution in [0.15, 0.2) is 12.1 Å². The van der Waals surface area contributed by atoms with Crippen molar-refractivity contribution < 1.29 is 23.8 Å². The third-order valence-electron chi connectivity index (χ3n) is 4.43. The fourth-order valence-corrected chi connectivity index (χ4v) is 2.93. The molecule has 0 saturated carbocycles. The van der Waals surface area contributed by atoms with Crippen LogP contribution in [0.25, 0.3) is 0 Å². The van der Waals surface area contributed by atoms with Crippen molar-refractivity contribution >= 4 is 11.9 Å². The second-order valence-electron chi connectivity index (χ2n) is 6.01. The number of hydrogen-bond donors (Lipinski definition) is 1. The van der Waals surface area contributed by atoms with Gasteiger partial charge < -0.3 is 29.3 Å². The number of methoxy groups -OCH3 is 3. The Morgan fingerprint density at radius 1 is 0.962 bits per heavy atom. The van der Waals surface area contributed by atoms with Crippen LogP contribution >= 0.6 is 0 Å². The molecule has 1 fully saturated rings. The minimum atomic E-state index is -0.111. The van der Waals surface area contributed by atoms with Crippen LogP contribution in [-0.2, 0) is 11.2 Å². The van der Waals surface area contributed by atoms with Crippen LogP contribution in [-0.4, -0.2) is 75.8 Å². The number of piperazine rings is 1. The lowest BCUT2D eigenvalue weighted by atomic mass is 10.1. The largest absolute Gasteiger partial charge is 0.493 e. The van der Waals surface area contributed by atoms with Gasteiger partial charge in [0.1, 0.15) is 0 Å². The van der Waals surface area contributed by atoms with Gasteiger partial charge in [0.2, 0.25) is 11.7 Å². The molecule has 0 atom stereocenters. The second-order valence-corrected chi connectivity index (χ2v) is 6.01. The van der Waals surface area contributed by atoms with Gasteiger partial charge in [0, 0.05) is 39.6 Å². The fourth-order valence-electron chi connectivity index (χ4n) is 2.93. The van der Waals surface area contributed by atoms with Gasteiger partial charge in [-0.25, -0.2) is 4.79 Å². The molecule has 0 aliphatic carbocycles. The normalized spacial score (nSPS) is 14.0. The Hall–Kier alpha value is -2.64. The number of carbonyl (C=O) groups excluding carboxylic acids is 2. The Kier molecular flexibility index (Phi) is 6.94. The summed E-state index contributed by atoms with van der Waals surface area (Å²) in [6.45, 7) is 4.30. The molecule has 0 unspecified atom stereocenters. The average molecular weight is 365 g/mol. The van der Waals surface area contributed by atoms with Crippen LogP contribution in [0.1, 0.15) is 12.5 Å². The Morgan fingerprint density at radius 3 is 1.96 bits per heavy atom. The van der Waals surface area contributed by atoms with Crippen LogP contribution in [0.2, 0.25) is 0 Å². The van der Waals surface area contributed by atoms with Gasteiger partial charge >= 0.3 is 6.03 Å². The standard InChI is InChI=1S/C18H27N3O5/c1-13(22)20-7-9-21(10-8-20)18(23)19-6-5-14-11-15(24-2)17(26-4)16(12-14)25-3/h11-12H,5-10H2,1-4H3,(H,19,23). The summed E-state index contributed by atoms with van der Waals surface area (Å²) in [5, 5.41) is 2.92. The summed E-state index contributed by atoms with van der Waals surface area (Å²) >= 11 is 0. The van der Waals surface area contributed by atoms with Gasteiger partial charge in [-0.15, -0.1) is 0 Å². The van der Waals surface area contributed by atoms with Gasteiger partial charge in [-0.1, -0.05) is 0 Å². The molecular formula is C18H27N3O5. The third kappa shape index (κ3) is 4.71. The zero-order chi connectivity index (χ0) is 19.1. The maximum atomic E-state index is 12.3. The first-order valence-electron chi connectivity index (χ1n) is 8.57. The monoisotopic (exact) mass is 365 g/mol. The van der Waals surface area contributed by atoms with Crippen molar-refractivity contribution in [2.75, 3.05) is 54.1 Å². The summed E-state index contributed by atoms with van der Waals surface area (Å²) < 4.78 is 16.0. The topological polar surface area (TPSA) is 80.3 Å². The van der Waals surface area contributed by atoms with Crippen molar-refractivity contribution in [3.63, 3.8) is 0 Å². The Morgan fingerprint density at radius 2 is 1.50 bits per heavy atom. The SMILES string of the molecule is COc1cc(CCNC(=O)N2CCN(C(C)=O)CC2)cc(OC)c1OC. The summed E-state index contributed by atoms with van der Waals surface area (Å²) in [6.07, 6.45) is 0.635. The first-order valence-corrected chi connectivity index (χ1v) is 8.57. The molecule has 2 rings (SSSR count). The van der Waals surface area contributed by atoms with Crippen molar-refractivity contribution in [1.82, 2.24) is 15.1 Å². The zero-order valence-corrected chi connectivity index (χ0v) is 15.8. The van der Waals surface area contributed by atoms with Crippen molar-refractivity contribution in [3.8, 4) is 17.2 Å². The van der Waals surface area contributed by atoms with Gasteiger partial charge in [0.05, 0.1) is 21.3 Å². The molecule has 0 spiro atoms. The molecule has 3 amide bonds. The van der Waals surface area contributed by atoms with E-state index in [0.717, 1.165) is 5.56 Å². The number of rotatable bonds is 6. The number of nitrogens with zero attached hydrogens (tertiary/aromatic N) is 2. The van der Waals surface area contributed by atoms with Crippen molar-refractivity contribution in [2.45, 2.75) is 13.3 Å². The molecule has 1 aromatic rings. The van der Waals surface area contributed by atoms with Crippen LogP contribution in [0.5, 0.6) is 17.2 Å². The van der Waals surface area contributed by atoms with E-state index < -0.39 is 0 Å². The van der Waals surface area contributed by atoms with E-state index in [0.29, 0.717) is 56.4 Å². The molecule has 1 N–H and O–H groups in total. The van der Waals surface area contributed by atoms with Crippen LogP contribution in [0.3, 0.4) is 0 Å². The zero-order valence-electron chi connectivity index (χ0n) is 15.8. The highest BCUT2D eigenvalue weighted by molar-refractivity contribution is 5.76. The Balaban J connectivity index is 1.87. The number of benzene rings is 1. The maximum Gasteiger partial charge on any atom is 0.317 e. The van der Waals surface area contributed by atoms with E-state index in [1.165, 1.54) is 0 Å². The van der Waals surface area contributed by atoms with E-state index >= 15 is 0 Å². The van der Waals surface area contributed by atoms with Gasteiger partial charge in [-0.3, -0.25) is 4.79 Å². The smallest absolute Gasteiger partial charge is 0.317 e. The molecule has 144 valence electrons. The summed E-state index contributed by atoms with van der Waals surface area (Å²) in [7, 11) is 4.71. The van der Waals surface area contributed by atoms with Gasteiger partial charge in [-0.2, -0.15) is 0 Å². The van der Waals surface area contributed by atoms with Gasteiger partial charge in [0.25, 0.3) is 0 Å². The van der Waals surface area contributed by atoms with E-state index in [4.69, 9.17) is 14.2 Å². The van der Waals surface area contributed by atoms with Crippen molar-refractivity contribution in [2.24, 2.45) is 0 Å². The molecule has 1 heterocycles. The predicted molar refractivity (Wildman–Crippen MR) is 97.0 cm³/mol. The lowest BCUT2D eigenvalue weighted by molar-refractivity contribution is -0.130. The number of carbonyl (C=O) groups is 2. The summed E-state index contributed by atoms with van der Waals surface area (Å²) in [6, 6.07) is 3.64.